The summed E-state index contributed by atoms with van der Waals surface area (Å²) in [5.41, 5.74) is 5.75. The first kappa shape index (κ1) is 15.7. The number of hydrogen-bond donors (Lipinski definition) is 2. The van der Waals surface area contributed by atoms with Gasteiger partial charge in [-0.05, 0) is 12.8 Å². The van der Waals surface area contributed by atoms with Crippen LogP contribution in [0.3, 0.4) is 0 Å². The highest BCUT2D eigenvalue weighted by molar-refractivity contribution is 5.44. The summed E-state index contributed by atoms with van der Waals surface area (Å²) < 4.78 is 10.3. The van der Waals surface area contributed by atoms with Crippen LogP contribution in [0.5, 0.6) is 0 Å². The molecule has 6 heteroatoms. The first-order chi connectivity index (χ1) is 9.26. The van der Waals surface area contributed by atoms with Gasteiger partial charge in [-0.15, -0.1) is 0 Å². The first-order valence-electron chi connectivity index (χ1n) is 6.70. The van der Waals surface area contributed by atoms with Crippen molar-refractivity contribution in [2.75, 3.05) is 44.5 Å². The van der Waals surface area contributed by atoms with Crippen LogP contribution in [0.15, 0.2) is 6.07 Å². The van der Waals surface area contributed by atoms with Gasteiger partial charge in [0.25, 0.3) is 0 Å². The number of nitrogen functional groups attached to an aromatic ring is 1. The number of methoxy groups -OCH3 is 1. The number of nitrogens with one attached hydrogen (secondary N) is 1. The summed E-state index contributed by atoms with van der Waals surface area (Å²) in [4.78, 5) is 8.60. The predicted molar refractivity (Wildman–Crippen MR) is 76.2 cm³/mol. The zero-order chi connectivity index (χ0) is 13.9. The van der Waals surface area contributed by atoms with Gasteiger partial charge < -0.3 is 20.5 Å². The van der Waals surface area contributed by atoms with Gasteiger partial charge in [0.15, 0.2) is 0 Å². The molecule has 0 radical (unpaired) electrons. The average Bonchev–Trinajstić information content (AvgIpc) is 2.37. The highest BCUT2D eigenvalue weighted by Crippen LogP contribution is 2.09. The summed E-state index contributed by atoms with van der Waals surface area (Å²) in [5.74, 6) is 2.09. The summed E-state index contributed by atoms with van der Waals surface area (Å²) in [6.07, 6.45) is 2.77. The molecule has 1 aromatic heterocycles. The van der Waals surface area contributed by atoms with Gasteiger partial charge in [0.2, 0.25) is 0 Å². The molecule has 1 heterocycles. The zero-order valence-corrected chi connectivity index (χ0v) is 11.8. The smallest absolute Gasteiger partial charge is 0.133 e. The molecule has 0 aromatic carbocycles. The van der Waals surface area contributed by atoms with Gasteiger partial charge in [-0.25, -0.2) is 9.97 Å². The minimum atomic E-state index is 0.511. The molecule has 0 fully saturated rings. The SMILES string of the molecule is CCCc1nc(N)cc(NCCCOCCOC)n1. The Labute approximate surface area is 114 Å². The molecule has 0 aliphatic carbocycles. The van der Waals surface area contributed by atoms with Crippen LogP contribution in [0.25, 0.3) is 0 Å². The summed E-state index contributed by atoms with van der Waals surface area (Å²) in [6, 6.07) is 1.75. The van der Waals surface area contributed by atoms with E-state index in [1.54, 1.807) is 13.2 Å². The minimum absolute atomic E-state index is 0.511. The Bertz CT molecular complexity index is 360. The van der Waals surface area contributed by atoms with Crippen molar-refractivity contribution in [3.05, 3.63) is 11.9 Å². The third-order valence-electron chi connectivity index (χ3n) is 2.47. The lowest BCUT2D eigenvalue weighted by Crippen LogP contribution is -2.10. The Morgan fingerprint density at radius 3 is 2.84 bits per heavy atom. The second-order valence-corrected chi connectivity index (χ2v) is 4.23. The molecule has 19 heavy (non-hydrogen) atoms. The van der Waals surface area contributed by atoms with E-state index in [1.165, 1.54) is 0 Å². The molecule has 3 N–H and O–H groups in total. The van der Waals surface area contributed by atoms with Crippen LogP contribution in [0.4, 0.5) is 11.6 Å². The van der Waals surface area contributed by atoms with Crippen molar-refractivity contribution in [2.24, 2.45) is 0 Å². The van der Waals surface area contributed by atoms with Crippen LogP contribution in [0.2, 0.25) is 0 Å². The number of aromatic nitrogens is 2. The summed E-state index contributed by atoms with van der Waals surface area (Å²) >= 11 is 0. The first-order valence-corrected chi connectivity index (χ1v) is 6.70. The molecule has 1 rings (SSSR count). The number of aryl methyl sites for hydroxylation is 1. The molecular weight excluding hydrogens is 244 g/mol. The third kappa shape index (κ3) is 6.93. The Morgan fingerprint density at radius 1 is 1.26 bits per heavy atom. The fourth-order valence-electron chi connectivity index (χ4n) is 1.58. The van der Waals surface area contributed by atoms with Gasteiger partial charge in [-0.3, -0.25) is 0 Å². The van der Waals surface area contributed by atoms with Gasteiger partial charge >= 0.3 is 0 Å². The second kappa shape index (κ2) is 9.52. The fraction of sp³-hybridized carbons (Fsp3) is 0.692. The van der Waals surface area contributed by atoms with Gasteiger partial charge in [-0.2, -0.15) is 0 Å². The lowest BCUT2D eigenvalue weighted by atomic mass is 10.3. The Hall–Kier alpha value is -1.40. The highest BCUT2D eigenvalue weighted by Gasteiger charge is 2.01. The van der Waals surface area contributed by atoms with Gasteiger partial charge in [-0.1, -0.05) is 6.92 Å². The van der Waals surface area contributed by atoms with Crippen molar-refractivity contribution in [2.45, 2.75) is 26.2 Å². The van der Waals surface area contributed by atoms with Crippen LogP contribution >= 0.6 is 0 Å². The molecule has 0 atom stereocenters. The van der Waals surface area contributed by atoms with E-state index in [9.17, 15) is 0 Å². The number of rotatable bonds is 10. The molecule has 0 spiro atoms. The maximum atomic E-state index is 5.75. The summed E-state index contributed by atoms with van der Waals surface area (Å²) in [5, 5.41) is 3.23. The maximum Gasteiger partial charge on any atom is 0.133 e. The molecule has 0 saturated heterocycles. The minimum Gasteiger partial charge on any atom is -0.384 e. The van der Waals surface area contributed by atoms with Crippen LogP contribution < -0.4 is 11.1 Å². The van der Waals surface area contributed by atoms with Crippen molar-refractivity contribution in [3.8, 4) is 0 Å². The van der Waals surface area contributed by atoms with Crippen molar-refractivity contribution in [3.63, 3.8) is 0 Å². The molecule has 0 unspecified atom stereocenters. The van der Waals surface area contributed by atoms with Crippen LogP contribution in [-0.4, -0.2) is 43.4 Å². The van der Waals surface area contributed by atoms with Crippen LogP contribution in [0, 0.1) is 0 Å². The lowest BCUT2D eigenvalue weighted by molar-refractivity contribution is 0.0705. The summed E-state index contributed by atoms with van der Waals surface area (Å²) in [7, 11) is 1.66. The van der Waals surface area contributed by atoms with Gasteiger partial charge in [0.05, 0.1) is 13.2 Å². The monoisotopic (exact) mass is 268 g/mol. The van der Waals surface area contributed by atoms with Gasteiger partial charge in [0.1, 0.15) is 17.5 Å². The van der Waals surface area contributed by atoms with Crippen molar-refractivity contribution < 1.29 is 9.47 Å². The van der Waals surface area contributed by atoms with E-state index in [-0.39, 0.29) is 0 Å². The Balaban J connectivity index is 2.25. The van der Waals surface area contributed by atoms with E-state index in [4.69, 9.17) is 15.2 Å². The van der Waals surface area contributed by atoms with Crippen LogP contribution in [-0.2, 0) is 15.9 Å². The van der Waals surface area contributed by atoms with E-state index >= 15 is 0 Å². The number of hydrogen-bond acceptors (Lipinski definition) is 6. The molecule has 1 aromatic rings. The van der Waals surface area contributed by atoms with Gasteiger partial charge in [0, 0.05) is 32.7 Å². The molecule has 0 amide bonds. The predicted octanol–water partition coefficient (Wildman–Crippen LogP) is 1.48. The van der Waals surface area contributed by atoms with Crippen molar-refractivity contribution >= 4 is 11.6 Å². The van der Waals surface area contributed by atoms with E-state index < -0.39 is 0 Å². The van der Waals surface area contributed by atoms with Crippen molar-refractivity contribution in [1.29, 1.82) is 0 Å². The molecule has 0 aliphatic rings. The fourth-order valence-corrected chi connectivity index (χ4v) is 1.58. The Morgan fingerprint density at radius 2 is 2.11 bits per heavy atom. The number of nitrogens with zero attached hydrogens (tertiary/aromatic N) is 2. The molecule has 108 valence electrons. The number of nitrogens with two attached hydrogens (primary N) is 1. The maximum absolute atomic E-state index is 5.75. The Kier molecular flexibility index (Phi) is 7.84. The molecule has 0 saturated carbocycles. The molecular formula is C13H24N4O2. The molecule has 0 aliphatic heterocycles. The highest BCUT2D eigenvalue weighted by atomic mass is 16.5. The third-order valence-corrected chi connectivity index (χ3v) is 2.47. The second-order valence-electron chi connectivity index (χ2n) is 4.23. The molecule has 0 bridgehead atoms. The van der Waals surface area contributed by atoms with E-state index in [2.05, 4.69) is 22.2 Å². The summed E-state index contributed by atoms with van der Waals surface area (Å²) in [6.45, 7) is 4.87. The largest absolute Gasteiger partial charge is 0.384 e. The zero-order valence-electron chi connectivity index (χ0n) is 11.8. The number of ether oxygens (including phenoxy) is 2. The number of anilines is 2. The molecule has 6 nitrogen and oxygen atoms in total. The standard InChI is InChI=1S/C13H24N4O2/c1-3-5-12-16-11(14)10-13(17-12)15-6-4-7-19-9-8-18-2/h10H,3-9H2,1-2H3,(H3,14,15,16,17). The van der Waals surface area contributed by atoms with Crippen molar-refractivity contribution in [1.82, 2.24) is 9.97 Å². The quantitative estimate of drug-likeness (QED) is 0.625. The van der Waals surface area contributed by atoms with E-state index in [0.717, 1.165) is 37.4 Å². The van der Waals surface area contributed by atoms with E-state index in [1.807, 2.05) is 0 Å². The normalized spacial score (nSPS) is 10.6. The lowest BCUT2D eigenvalue weighted by Gasteiger charge is -2.08. The average molecular weight is 268 g/mol. The van der Waals surface area contributed by atoms with Crippen LogP contribution in [0.1, 0.15) is 25.6 Å². The topological polar surface area (TPSA) is 82.3 Å². The van der Waals surface area contributed by atoms with E-state index in [0.29, 0.717) is 25.6 Å².